The molecule has 0 bridgehead atoms. The molecule has 1 amide bonds. The molecule has 0 unspecified atom stereocenters. The van der Waals surface area contributed by atoms with Gasteiger partial charge in [0.25, 0.3) is 5.91 Å². The van der Waals surface area contributed by atoms with Crippen LogP contribution in [0.4, 0.5) is 0 Å². The number of aliphatic hydroxyl groups excluding tert-OH is 2. The lowest BCUT2D eigenvalue weighted by molar-refractivity contribution is 0.0567. The Morgan fingerprint density at radius 1 is 1.00 bits per heavy atom. The first-order valence-electron chi connectivity index (χ1n) is 6.89. The maximum atomic E-state index is 12.2. The maximum absolute atomic E-state index is 12.2. The van der Waals surface area contributed by atoms with Crippen LogP contribution in [-0.2, 0) is 6.42 Å². The molecule has 0 fully saturated rings. The molecule has 0 heterocycles. The molecule has 21 heavy (non-hydrogen) atoms. The summed E-state index contributed by atoms with van der Waals surface area (Å²) in [7, 11) is 0. The molecule has 0 spiro atoms. The van der Waals surface area contributed by atoms with Crippen LogP contribution in [-0.4, -0.2) is 34.9 Å². The van der Waals surface area contributed by atoms with Gasteiger partial charge in [-0.3, -0.25) is 4.79 Å². The number of benzene rings is 2. The predicted octanol–water partition coefficient (Wildman–Crippen LogP) is 1.38. The average Bonchev–Trinajstić information content (AvgIpc) is 2.55. The van der Waals surface area contributed by atoms with Gasteiger partial charge in [0.05, 0.1) is 18.8 Å². The van der Waals surface area contributed by atoms with Crippen LogP contribution < -0.4 is 5.32 Å². The van der Waals surface area contributed by atoms with Crippen molar-refractivity contribution in [3.8, 4) is 0 Å². The van der Waals surface area contributed by atoms with E-state index in [1.54, 1.807) is 24.3 Å². The van der Waals surface area contributed by atoms with Crippen molar-refractivity contribution in [1.82, 2.24) is 5.32 Å². The van der Waals surface area contributed by atoms with Crippen LogP contribution >= 0.6 is 0 Å². The number of aliphatic hydroxyl groups is 2. The van der Waals surface area contributed by atoms with Crippen molar-refractivity contribution in [3.63, 3.8) is 0 Å². The predicted molar refractivity (Wildman–Crippen MR) is 80.9 cm³/mol. The summed E-state index contributed by atoms with van der Waals surface area (Å²) in [5.41, 5.74) is 1.52. The minimum absolute atomic E-state index is 0.260. The number of hydrogen-bond acceptors (Lipinski definition) is 3. The molecule has 2 rings (SSSR count). The zero-order valence-electron chi connectivity index (χ0n) is 11.6. The Labute approximate surface area is 124 Å². The highest BCUT2D eigenvalue weighted by Gasteiger charge is 2.21. The van der Waals surface area contributed by atoms with Gasteiger partial charge >= 0.3 is 0 Å². The molecule has 3 N–H and O–H groups in total. The van der Waals surface area contributed by atoms with E-state index in [0.717, 1.165) is 5.56 Å². The lowest BCUT2D eigenvalue weighted by Gasteiger charge is -2.23. The van der Waals surface area contributed by atoms with Crippen LogP contribution in [0.2, 0.25) is 0 Å². The van der Waals surface area contributed by atoms with Gasteiger partial charge in [0.15, 0.2) is 0 Å². The Morgan fingerprint density at radius 3 is 2.14 bits per heavy atom. The maximum Gasteiger partial charge on any atom is 0.251 e. The van der Waals surface area contributed by atoms with Crippen LogP contribution in [0.15, 0.2) is 60.7 Å². The first kappa shape index (κ1) is 15.2. The second-order valence-electron chi connectivity index (χ2n) is 4.89. The van der Waals surface area contributed by atoms with Crippen molar-refractivity contribution in [3.05, 3.63) is 71.8 Å². The van der Waals surface area contributed by atoms with Crippen LogP contribution in [0.1, 0.15) is 15.9 Å². The minimum atomic E-state index is -1.00. The van der Waals surface area contributed by atoms with E-state index in [1.807, 2.05) is 36.4 Å². The summed E-state index contributed by atoms with van der Waals surface area (Å²) in [6.45, 7) is -0.396. The molecule has 4 nitrogen and oxygen atoms in total. The Balaban J connectivity index is 2.08. The summed E-state index contributed by atoms with van der Waals surface area (Å²) in [4.78, 5) is 12.2. The summed E-state index contributed by atoms with van der Waals surface area (Å²) in [6.07, 6.45) is -0.543. The lowest BCUT2D eigenvalue weighted by atomic mass is 10.0. The number of hydrogen-bond donors (Lipinski definition) is 3. The van der Waals surface area contributed by atoms with E-state index in [4.69, 9.17) is 5.11 Å². The highest BCUT2D eigenvalue weighted by molar-refractivity contribution is 5.94. The quantitative estimate of drug-likeness (QED) is 0.751. The van der Waals surface area contributed by atoms with Crippen molar-refractivity contribution in [2.24, 2.45) is 0 Å². The lowest BCUT2D eigenvalue weighted by Crippen LogP contribution is -2.46. The van der Waals surface area contributed by atoms with Gasteiger partial charge in [0.1, 0.15) is 0 Å². The molecular weight excluding hydrogens is 266 g/mol. The summed E-state index contributed by atoms with van der Waals surface area (Å²) in [6, 6.07) is 17.8. The first-order valence-corrected chi connectivity index (χ1v) is 6.89. The SMILES string of the molecule is O=C(N[C@H](Cc1ccccc1)[C@H](O)CO)c1ccccc1. The molecule has 0 aliphatic rings. The van der Waals surface area contributed by atoms with Gasteiger partial charge in [0.2, 0.25) is 0 Å². The normalized spacial score (nSPS) is 13.4. The Kier molecular flexibility index (Phi) is 5.49. The van der Waals surface area contributed by atoms with Crippen molar-refractivity contribution in [1.29, 1.82) is 0 Å². The van der Waals surface area contributed by atoms with Gasteiger partial charge in [0, 0.05) is 5.56 Å². The third kappa shape index (κ3) is 4.41. The molecule has 0 saturated heterocycles. The fourth-order valence-electron chi connectivity index (χ4n) is 2.12. The molecule has 2 aromatic carbocycles. The second kappa shape index (κ2) is 7.57. The summed E-state index contributed by atoms with van der Waals surface area (Å²) < 4.78 is 0. The molecule has 110 valence electrons. The molecule has 0 radical (unpaired) electrons. The number of carbonyl (C=O) groups excluding carboxylic acids is 1. The van der Waals surface area contributed by atoms with Crippen molar-refractivity contribution >= 4 is 5.91 Å². The van der Waals surface area contributed by atoms with Gasteiger partial charge in [-0.05, 0) is 24.1 Å². The van der Waals surface area contributed by atoms with E-state index in [1.165, 1.54) is 0 Å². The van der Waals surface area contributed by atoms with Crippen molar-refractivity contribution < 1.29 is 15.0 Å². The van der Waals surface area contributed by atoms with Gasteiger partial charge in [-0.1, -0.05) is 48.5 Å². The average molecular weight is 285 g/mol. The standard InChI is InChI=1S/C17H19NO3/c19-12-16(20)15(11-13-7-3-1-4-8-13)18-17(21)14-9-5-2-6-10-14/h1-10,15-16,19-20H,11-12H2,(H,18,21)/t15-,16-/m1/s1. The van der Waals surface area contributed by atoms with Crippen LogP contribution in [0.5, 0.6) is 0 Å². The van der Waals surface area contributed by atoms with Crippen molar-refractivity contribution in [2.45, 2.75) is 18.6 Å². The zero-order chi connectivity index (χ0) is 15.1. The molecule has 0 aliphatic heterocycles. The smallest absolute Gasteiger partial charge is 0.251 e. The minimum Gasteiger partial charge on any atom is -0.394 e. The summed E-state index contributed by atoms with van der Waals surface area (Å²) in [5.74, 6) is -0.260. The fraction of sp³-hybridized carbons (Fsp3) is 0.235. The van der Waals surface area contributed by atoms with Gasteiger partial charge in [-0.25, -0.2) is 0 Å². The van der Waals surface area contributed by atoms with E-state index in [9.17, 15) is 9.90 Å². The van der Waals surface area contributed by atoms with Gasteiger partial charge < -0.3 is 15.5 Å². The molecule has 0 aliphatic carbocycles. The molecule has 0 aromatic heterocycles. The number of amides is 1. The number of rotatable bonds is 6. The Hall–Kier alpha value is -2.17. The molecular formula is C17H19NO3. The highest BCUT2D eigenvalue weighted by Crippen LogP contribution is 2.08. The van der Waals surface area contributed by atoms with E-state index in [0.29, 0.717) is 12.0 Å². The third-order valence-corrected chi connectivity index (χ3v) is 3.30. The Morgan fingerprint density at radius 2 is 1.57 bits per heavy atom. The molecule has 0 saturated carbocycles. The van der Waals surface area contributed by atoms with E-state index < -0.39 is 18.8 Å². The summed E-state index contributed by atoms with van der Waals surface area (Å²) in [5, 5.41) is 21.9. The Bertz CT molecular complexity index is 557. The van der Waals surface area contributed by atoms with E-state index >= 15 is 0 Å². The number of nitrogens with one attached hydrogen (secondary N) is 1. The third-order valence-electron chi connectivity index (χ3n) is 3.30. The van der Waals surface area contributed by atoms with Crippen LogP contribution in [0.3, 0.4) is 0 Å². The largest absolute Gasteiger partial charge is 0.394 e. The fourth-order valence-corrected chi connectivity index (χ4v) is 2.12. The zero-order valence-corrected chi connectivity index (χ0v) is 11.6. The highest BCUT2D eigenvalue weighted by atomic mass is 16.3. The van der Waals surface area contributed by atoms with Crippen molar-refractivity contribution in [2.75, 3.05) is 6.61 Å². The van der Waals surface area contributed by atoms with E-state index in [-0.39, 0.29) is 5.91 Å². The van der Waals surface area contributed by atoms with Gasteiger partial charge in [-0.2, -0.15) is 0 Å². The molecule has 2 atom stereocenters. The number of carbonyl (C=O) groups is 1. The van der Waals surface area contributed by atoms with Crippen LogP contribution in [0, 0.1) is 0 Å². The van der Waals surface area contributed by atoms with Gasteiger partial charge in [-0.15, -0.1) is 0 Å². The van der Waals surface area contributed by atoms with Crippen LogP contribution in [0.25, 0.3) is 0 Å². The monoisotopic (exact) mass is 285 g/mol. The summed E-state index contributed by atoms with van der Waals surface area (Å²) >= 11 is 0. The molecule has 4 heteroatoms. The van der Waals surface area contributed by atoms with E-state index in [2.05, 4.69) is 5.32 Å². The first-order chi connectivity index (χ1) is 10.2. The molecule has 2 aromatic rings. The second-order valence-corrected chi connectivity index (χ2v) is 4.89. The topological polar surface area (TPSA) is 69.6 Å².